The smallest absolute Gasteiger partial charge is 0.318 e. The van der Waals surface area contributed by atoms with E-state index >= 15 is 0 Å². The van der Waals surface area contributed by atoms with E-state index in [2.05, 4.69) is 34.9 Å². The van der Waals surface area contributed by atoms with E-state index in [0.29, 0.717) is 6.54 Å². The highest BCUT2D eigenvalue weighted by molar-refractivity contribution is 5.75. The lowest BCUT2D eigenvalue weighted by molar-refractivity contribution is 0.244. The number of rotatable bonds is 7. The Hall–Kier alpha value is -2.55. The largest absolute Gasteiger partial charge is 0.338 e. The van der Waals surface area contributed by atoms with Crippen LogP contribution in [0.2, 0.25) is 0 Å². The van der Waals surface area contributed by atoms with Crippen molar-refractivity contribution in [1.29, 1.82) is 0 Å². The zero-order chi connectivity index (χ0) is 16.3. The molecule has 2 N–H and O–H groups in total. The van der Waals surface area contributed by atoms with E-state index in [0.717, 1.165) is 24.8 Å². The lowest BCUT2D eigenvalue weighted by atomic mass is 10.1. The van der Waals surface area contributed by atoms with E-state index in [9.17, 15) is 4.79 Å². The van der Waals surface area contributed by atoms with Crippen LogP contribution in [0, 0.1) is 6.92 Å². The quantitative estimate of drug-likeness (QED) is 0.736. The van der Waals surface area contributed by atoms with Crippen LogP contribution in [-0.2, 0) is 6.42 Å². The molecular formula is C20H24N2O. The maximum atomic E-state index is 11.7. The van der Waals surface area contributed by atoms with Crippen molar-refractivity contribution in [2.45, 2.75) is 26.2 Å². The highest BCUT2D eigenvalue weighted by Crippen LogP contribution is 2.08. The summed E-state index contributed by atoms with van der Waals surface area (Å²) in [4.78, 5) is 11.7. The second-order valence-electron chi connectivity index (χ2n) is 5.53. The molecule has 0 saturated carbocycles. The fraction of sp³-hybridized carbons (Fsp3) is 0.250. The monoisotopic (exact) mass is 308 g/mol. The van der Waals surface area contributed by atoms with Gasteiger partial charge in [-0.2, -0.15) is 0 Å². The molecular weight excluding hydrogens is 284 g/mol. The highest BCUT2D eigenvalue weighted by atomic mass is 16.2. The number of carbonyl (C=O) groups excluding carboxylic acids is 1. The van der Waals surface area contributed by atoms with Gasteiger partial charge in [0.2, 0.25) is 0 Å². The Balaban J connectivity index is 1.59. The number of carbonyl (C=O) groups is 1. The number of aryl methyl sites for hydroxylation is 2. The summed E-state index contributed by atoms with van der Waals surface area (Å²) >= 11 is 0. The van der Waals surface area contributed by atoms with Gasteiger partial charge < -0.3 is 10.6 Å². The van der Waals surface area contributed by atoms with E-state index in [1.165, 1.54) is 11.1 Å². The molecule has 2 rings (SSSR count). The predicted molar refractivity (Wildman–Crippen MR) is 96.1 cm³/mol. The molecule has 2 amide bonds. The van der Waals surface area contributed by atoms with Crippen molar-refractivity contribution in [3.63, 3.8) is 0 Å². The fourth-order valence-corrected chi connectivity index (χ4v) is 2.33. The van der Waals surface area contributed by atoms with Crippen LogP contribution in [-0.4, -0.2) is 12.6 Å². The van der Waals surface area contributed by atoms with Crippen LogP contribution >= 0.6 is 0 Å². The lowest BCUT2D eigenvalue weighted by Gasteiger charge is -2.05. The summed E-state index contributed by atoms with van der Waals surface area (Å²) in [5.74, 6) is 0. The molecule has 3 nitrogen and oxygen atoms in total. The Morgan fingerprint density at radius 1 is 1.00 bits per heavy atom. The maximum absolute atomic E-state index is 11.7. The first kappa shape index (κ1) is 16.8. The molecule has 0 radical (unpaired) electrons. The molecule has 2 aromatic rings. The van der Waals surface area contributed by atoms with Gasteiger partial charge in [-0.05, 0) is 49.0 Å². The van der Waals surface area contributed by atoms with Crippen molar-refractivity contribution in [2.24, 2.45) is 0 Å². The molecule has 0 unspecified atom stereocenters. The molecule has 23 heavy (non-hydrogen) atoms. The molecule has 120 valence electrons. The standard InChI is InChI=1S/C20H24N2O/c1-17-9-5-6-13-19(17)14-16-22-20(23)21-15-8-7-12-18-10-3-2-4-11-18/h2-6,9-11,13-14,16H,7-8,12,15H2,1H3,(H2,21,22,23)/b16-14+. The van der Waals surface area contributed by atoms with E-state index < -0.39 is 0 Å². The maximum Gasteiger partial charge on any atom is 0.318 e. The van der Waals surface area contributed by atoms with Gasteiger partial charge in [-0.25, -0.2) is 4.79 Å². The number of amides is 2. The van der Waals surface area contributed by atoms with Gasteiger partial charge in [-0.15, -0.1) is 0 Å². The van der Waals surface area contributed by atoms with E-state index in [1.807, 2.05) is 43.3 Å². The van der Waals surface area contributed by atoms with Gasteiger partial charge in [-0.3, -0.25) is 0 Å². The predicted octanol–water partition coefficient (Wildman–Crippen LogP) is 4.29. The third-order valence-corrected chi connectivity index (χ3v) is 3.69. The molecule has 0 atom stereocenters. The molecule has 3 heteroatoms. The van der Waals surface area contributed by atoms with Crippen molar-refractivity contribution in [1.82, 2.24) is 10.6 Å². The Labute approximate surface area is 138 Å². The Bertz CT molecular complexity index is 635. The molecule has 0 bridgehead atoms. The topological polar surface area (TPSA) is 41.1 Å². The third-order valence-electron chi connectivity index (χ3n) is 3.69. The molecule has 0 aliphatic carbocycles. The summed E-state index contributed by atoms with van der Waals surface area (Å²) in [6.45, 7) is 2.74. The number of hydrogen-bond acceptors (Lipinski definition) is 1. The Morgan fingerprint density at radius 3 is 2.52 bits per heavy atom. The number of nitrogens with one attached hydrogen (secondary N) is 2. The molecule has 0 aromatic heterocycles. The van der Waals surface area contributed by atoms with Crippen molar-refractivity contribution in [2.75, 3.05) is 6.54 Å². The molecule has 0 aliphatic rings. The molecule has 0 fully saturated rings. The second kappa shape index (κ2) is 9.46. The first-order valence-corrected chi connectivity index (χ1v) is 8.06. The minimum Gasteiger partial charge on any atom is -0.338 e. The minimum atomic E-state index is -0.158. The summed E-state index contributed by atoms with van der Waals surface area (Å²) in [5.41, 5.74) is 3.64. The zero-order valence-corrected chi connectivity index (χ0v) is 13.6. The number of unbranched alkanes of at least 4 members (excludes halogenated alkanes) is 1. The van der Waals surface area contributed by atoms with Crippen LogP contribution < -0.4 is 10.6 Å². The fourth-order valence-electron chi connectivity index (χ4n) is 2.33. The van der Waals surface area contributed by atoms with Gasteiger partial charge in [-0.1, -0.05) is 54.6 Å². The van der Waals surface area contributed by atoms with Gasteiger partial charge in [0, 0.05) is 12.7 Å². The lowest BCUT2D eigenvalue weighted by Crippen LogP contribution is -2.32. The van der Waals surface area contributed by atoms with Gasteiger partial charge in [0.05, 0.1) is 0 Å². The molecule has 0 spiro atoms. The summed E-state index contributed by atoms with van der Waals surface area (Å²) < 4.78 is 0. The first-order valence-electron chi connectivity index (χ1n) is 8.06. The average molecular weight is 308 g/mol. The van der Waals surface area contributed by atoms with Crippen LogP contribution in [0.3, 0.4) is 0 Å². The van der Waals surface area contributed by atoms with Gasteiger partial charge in [0.1, 0.15) is 0 Å². The number of benzene rings is 2. The Kier molecular flexibility index (Phi) is 6.92. The first-order chi connectivity index (χ1) is 11.3. The second-order valence-corrected chi connectivity index (χ2v) is 5.53. The molecule has 0 saturated heterocycles. The van der Waals surface area contributed by atoms with E-state index in [4.69, 9.17) is 0 Å². The summed E-state index contributed by atoms with van der Waals surface area (Å²) in [5, 5.41) is 5.60. The van der Waals surface area contributed by atoms with Crippen LogP contribution in [0.15, 0.2) is 60.8 Å². The third kappa shape index (κ3) is 6.39. The van der Waals surface area contributed by atoms with Crippen LogP contribution in [0.5, 0.6) is 0 Å². The van der Waals surface area contributed by atoms with Gasteiger partial charge in [0.25, 0.3) is 0 Å². The van der Waals surface area contributed by atoms with Gasteiger partial charge in [0.15, 0.2) is 0 Å². The van der Waals surface area contributed by atoms with Crippen LogP contribution in [0.25, 0.3) is 6.08 Å². The Morgan fingerprint density at radius 2 is 1.74 bits per heavy atom. The summed E-state index contributed by atoms with van der Waals surface area (Å²) in [6, 6.07) is 18.3. The number of urea groups is 1. The summed E-state index contributed by atoms with van der Waals surface area (Å²) in [6.07, 6.45) is 6.69. The van der Waals surface area contributed by atoms with E-state index in [-0.39, 0.29) is 6.03 Å². The van der Waals surface area contributed by atoms with Crippen molar-refractivity contribution < 1.29 is 4.79 Å². The molecule has 0 aliphatic heterocycles. The molecule has 0 heterocycles. The van der Waals surface area contributed by atoms with Crippen LogP contribution in [0.4, 0.5) is 4.79 Å². The SMILES string of the molecule is Cc1ccccc1/C=C/NC(=O)NCCCCc1ccccc1. The van der Waals surface area contributed by atoms with Gasteiger partial charge >= 0.3 is 6.03 Å². The highest BCUT2D eigenvalue weighted by Gasteiger charge is 1.97. The zero-order valence-electron chi connectivity index (χ0n) is 13.6. The number of hydrogen-bond donors (Lipinski definition) is 2. The average Bonchev–Trinajstić information content (AvgIpc) is 2.57. The molecule has 2 aromatic carbocycles. The van der Waals surface area contributed by atoms with Crippen molar-refractivity contribution >= 4 is 12.1 Å². The normalized spacial score (nSPS) is 10.7. The minimum absolute atomic E-state index is 0.158. The van der Waals surface area contributed by atoms with E-state index in [1.54, 1.807) is 6.20 Å². The van der Waals surface area contributed by atoms with Crippen LogP contribution in [0.1, 0.15) is 29.5 Å². The van der Waals surface area contributed by atoms with Crippen molar-refractivity contribution in [3.8, 4) is 0 Å². The van der Waals surface area contributed by atoms with Crippen molar-refractivity contribution in [3.05, 3.63) is 77.5 Å². The summed E-state index contributed by atoms with van der Waals surface area (Å²) in [7, 11) is 0.